The van der Waals surface area contributed by atoms with Gasteiger partial charge in [-0.15, -0.1) is 0 Å². The Labute approximate surface area is 118 Å². The van der Waals surface area contributed by atoms with Crippen molar-refractivity contribution in [3.63, 3.8) is 0 Å². The standard InChI is InChI=1S/C13H20ClNO4/c1-17-5-6-19-9-11(16)8-15-12-7-10(14)3-4-13(12)18-2/h3-4,7,11,15-16H,5-6,8-9H2,1-2H3. The third-order valence-corrected chi connectivity index (χ3v) is 2.67. The van der Waals surface area contributed by atoms with Gasteiger partial charge in [-0.3, -0.25) is 0 Å². The van der Waals surface area contributed by atoms with Crippen LogP contribution in [0.3, 0.4) is 0 Å². The van der Waals surface area contributed by atoms with E-state index in [1.807, 2.05) is 0 Å². The van der Waals surface area contributed by atoms with Crippen molar-refractivity contribution in [3.05, 3.63) is 23.2 Å². The van der Waals surface area contributed by atoms with E-state index in [0.717, 1.165) is 5.69 Å². The van der Waals surface area contributed by atoms with E-state index in [9.17, 15) is 5.11 Å². The number of hydrogen-bond donors (Lipinski definition) is 2. The van der Waals surface area contributed by atoms with Crippen LogP contribution in [0.25, 0.3) is 0 Å². The fourth-order valence-electron chi connectivity index (χ4n) is 1.47. The largest absolute Gasteiger partial charge is 0.495 e. The third-order valence-electron chi connectivity index (χ3n) is 2.43. The number of methoxy groups -OCH3 is 2. The second kappa shape index (κ2) is 8.98. The smallest absolute Gasteiger partial charge is 0.142 e. The Bertz CT molecular complexity index is 376. The van der Waals surface area contributed by atoms with Gasteiger partial charge in [0.05, 0.1) is 38.7 Å². The molecule has 1 atom stereocenters. The molecular weight excluding hydrogens is 270 g/mol. The van der Waals surface area contributed by atoms with Crippen LogP contribution < -0.4 is 10.1 Å². The van der Waals surface area contributed by atoms with E-state index in [0.29, 0.717) is 30.5 Å². The third kappa shape index (κ3) is 6.11. The molecule has 1 unspecified atom stereocenters. The Morgan fingerprint density at radius 2 is 2.11 bits per heavy atom. The molecule has 0 saturated carbocycles. The molecule has 0 radical (unpaired) electrons. The molecule has 5 nitrogen and oxygen atoms in total. The lowest BCUT2D eigenvalue weighted by atomic mass is 10.2. The van der Waals surface area contributed by atoms with Gasteiger partial charge in [-0.25, -0.2) is 0 Å². The number of aliphatic hydroxyl groups is 1. The van der Waals surface area contributed by atoms with Gasteiger partial charge in [0.1, 0.15) is 5.75 Å². The molecule has 6 heteroatoms. The first-order valence-corrected chi connectivity index (χ1v) is 6.37. The van der Waals surface area contributed by atoms with E-state index in [-0.39, 0.29) is 6.61 Å². The Morgan fingerprint density at radius 3 is 2.79 bits per heavy atom. The number of rotatable bonds is 9. The van der Waals surface area contributed by atoms with E-state index in [4.69, 9.17) is 25.8 Å². The van der Waals surface area contributed by atoms with Gasteiger partial charge in [0.2, 0.25) is 0 Å². The Morgan fingerprint density at radius 1 is 1.32 bits per heavy atom. The fourth-order valence-corrected chi connectivity index (χ4v) is 1.64. The minimum absolute atomic E-state index is 0.249. The molecule has 1 aromatic rings. The average Bonchev–Trinajstić information content (AvgIpc) is 2.41. The average molecular weight is 290 g/mol. The second-order valence-electron chi connectivity index (χ2n) is 3.95. The van der Waals surface area contributed by atoms with E-state index in [2.05, 4.69) is 5.32 Å². The van der Waals surface area contributed by atoms with Crippen molar-refractivity contribution in [2.45, 2.75) is 6.10 Å². The molecule has 0 aromatic heterocycles. The maximum Gasteiger partial charge on any atom is 0.142 e. The van der Waals surface area contributed by atoms with Crippen molar-refractivity contribution in [1.82, 2.24) is 0 Å². The van der Waals surface area contributed by atoms with Gasteiger partial charge in [0.25, 0.3) is 0 Å². The van der Waals surface area contributed by atoms with Gasteiger partial charge in [0, 0.05) is 18.7 Å². The zero-order valence-electron chi connectivity index (χ0n) is 11.2. The summed E-state index contributed by atoms with van der Waals surface area (Å²) in [7, 11) is 3.19. The first kappa shape index (κ1) is 16.0. The van der Waals surface area contributed by atoms with Gasteiger partial charge in [-0.2, -0.15) is 0 Å². The number of hydrogen-bond acceptors (Lipinski definition) is 5. The van der Waals surface area contributed by atoms with Crippen LogP contribution in [0.2, 0.25) is 5.02 Å². The highest BCUT2D eigenvalue weighted by molar-refractivity contribution is 6.30. The van der Waals surface area contributed by atoms with Crippen molar-refractivity contribution in [3.8, 4) is 5.75 Å². The van der Waals surface area contributed by atoms with Gasteiger partial charge < -0.3 is 24.6 Å². The highest BCUT2D eigenvalue weighted by atomic mass is 35.5. The van der Waals surface area contributed by atoms with Gasteiger partial charge in [0.15, 0.2) is 0 Å². The number of benzene rings is 1. The number of aliphatic hydroxyl groups excluding tert-OH is 1. The molecule has 0 aliphatic carbocycles. The first-order valence-electron chi connectivity index (χ1n) is 5.99. The van der Waals surface area contributed by atoms with Crippen LogP contribution in [0.15, 0.2) is 18.2 Å². The topological polar surface area (TPSA) is 60.0 Å². The summed E-state index contributed by atoms with van der Waals surface area (Å²) in [6.07, 6.45) is -0.611. The minimum Gasteiger partial charge on any atom is -0.495 e. The van der Waals surface area contributed by atoms with E-state index >= 15 is 0 Å². The molecule has 0 aliphatic rings. The molecule has 0 bridgehead atoms. The predicted octanol–water partition coefficient (Wildman–Crippen LogP) is 1.78. The fraction of sp³-hybridized carbons (Fsp3) is 0.538. The molecule has 0 saturated heterocycles. The molecule has 19 heavy (non-hydrogen) atoms. The molecule has 2 N–H and O–H groups in total. The number of halogens is 1. The zero-order chi connectivity index (χ0) is 14.1. The Balaban J connectivity index is 2.36. The highest BCUT2D eigenvalue weighted by Gasteiger charge is 2.07. The summed E-state index contributed by atoms with van der Waals surface area (Å²) in [5.74, 6) is 0.678. The lowest BCUT2D eigenvalue weighted by Gasteiger charge is -2.15. The molecule has 0 fully saturated rings. The van der Waals surface area contributed by atoms with Crippen molar-refractivity contribution in [2.24, 2.45) is 0 Å². The van der Waals surface area contributed by atoms with E-state index in [1.54, 1.807) is 32.4 Å². The van der Waals surface area contributed by atoms with Crippen molar-refractivity contribution < 1.29 is 19.3 Å². The second-order valence-corrected chi connectivity index (χ2v) is 4.38. The molecule has 0 spiro atoms. The Kier molecular flexibility index (Phi) is 7.59. The summed E-state index contributed by atoms with van der Waals surface area (Å²) in [4.78, 5) is 0. The SMILES string of the molecule is COCCOCC(O)CNc1cc(Cl)ccc1OC. The van der Waals surface area contributed by atoms with E-state index in [1.165, 1.54) is 0 Å². The van der Waals surface area contributed by atoms with Crippen LogP contribution in [0.5, 0.6) is 5.75 Å². The van der Waals surface area contributed by atoms with Crippen LogP contribution in [0.1, 0.15) is 0 Å². The summed E-state index contributed by atoms with van der Waals surface area (Å²) in [5, 5.41) is 13.4. The van der Waals surface area contributed by atoms with Crippen LogP contribution in [0.4, 0.5) is 5.69 Å². The van der Waals surface area contributed by atoms with Crippen molar-refractivity contribution in [2.75, 3.05) is 45.9 Å². The van der Waals surface area contributed by atoms with Crippen LogP contribution in [-0.2, 0) is 9.47 Å². The summed E-state index contributed by atoms with van der Waals surface area (Å²) in [6, 6.07) is 5.26. The summed E-state index contributed by atoms with van der Waals surface area (Å²) in [5.41, 5.74) is 0.742. The number of anilines is 1. The van der Waals surface area contributed by atoms with Gasteiger partial charge in [-0.1, -0.05) is 11.6 Å². The number of ether oxygens (including phenoxy) is 3. The highest BCUT2D eigenvalue weighted by Crippen LogP contribution is 2.27. The van der Waals surface area contributed by atoms with Gasteiger partial charge >= 0.3 is 0 Å². The molecule has 0 heterocycles. The predicted molar refractivity (Wildman–Crippen MR) is 75.2 cm³/mol. The molecule has 108 valence electrons. The molecule has 1 rings (SSSR count). The van der Waals surface area contributed by atoms with Crippen LogP contribution in [-0.4, -0.2) is 51.8 Å². The quantitative estimate of drug-likeness (QED) is 0.679. The normalized spacial score (nSPS) is 12.2. The molecule has 1 aromatic carbocycles. The van der Waals surface area contributed by atoms with Crippen LogP contribution >= 0.6 is 11.6 Å². The summed E-state index contributed by atoms with van der Waals surface area (Å²) >= 11 is 5.91. The van der Waals surface area contributed by atoms with E-state index < -0.39 is 6.10 Å². The zero-order valence-corrected chi connectivity index (χ0v) is 11.9. The minimum atomic E-state index is -0.611. The first-order chi connectivity index (χ1) is 9.17. The summed E-state index contributed by atoms with van der Waals surface area (Å²) in [6.45, 7) is 1.58. The maximum atomic E-state index is 9.74. The molecule has 0 aliphatic heterocycles. The Hall–Kier alpha value is -1.01. The van der Waals surface area contributed by atoms with Crippen molar-refractivity contribution in [1.29, 1.82) is 0 Å². The number of nitrogens with one attached hydrogen (secondary N) is 1. The molecule has 0 amide bonds. The maximum absolute atomic E-state index is 9.74. The van der Waals surface area contributed by atoms with Gasteiger partial charge in [-0.05, 0) is 18.2 Å². The summed E-state index contributed by atoms with van der Waals surface area (Å²) < 4.78 is 15.3. The monoisotopic (exact) mass is 289 g/mol. The molecular formula is C13H20ClNO4. The lowest BCUT2D eigenvalue weighted by Crippen LogP contribution is -2.25. The lowest BCUT2D eigenvalue weighted by molar-refractivity contribution is 0.0182. The van der Waals surface area contributed by atoms with Crippen LogP contribution in [0, 0.1) is 0 Å². The van der Waals surface area contributed by atoms with Crippen molar-refractivity contribution >= 4 is 17.3 Å².